The lowest BCUT2D eigenvalue weighted by molar-refractivity contribution is -0.123. The van der Waals surface area contributed by atoms with Crippen molar-refractivity contribution in [3.8, 4) is 0 Å². The van der Waals surface area contributed by atoms with Crippen molar-refractivity contribution in [3.63, 3.8) is 0 Å². The molecule has 12 heteroatoms. The van der Waals surface area contributed by atoms with Crippen LogP contribution in [-0.4, -0.2) is 69.9 Å². The van der Waals surface area contributed by atoms with Gasteiger partial charge in [-0.05, 0) is 73.6 Å². The third-order valence-corrected chi connectivity index (χ3v) is 8.05. The van der Waals surface area contributed by atoms with E-state index in [-0.39, 0.29) is 34.8 Å². The Morgan fingerprint density at radius 3 is 2.22 bits per heavy atom. The number of hydrogen-bond acceptors (Lipinski definition) is 6. The van der Waals surface area contributed by atoms with Crippen molar-refractivity contribution < 1.29 is 27.6 Å². The number of carbonyl (C=O) groups is 3. The fourth-order valence-electron chi connectivity index (χ4n) is 5.03. The van der Waals surface area contributed by atoms with E-state index in [2.05, 4.69) is 9.88 Å². The summed E-state index contributed by atoms with van der Waals surface area (Å²) in [5.74, 6) is -0.719. The summed E-state index contributed by atoms with van der Waals surface area (Å²) in [5.41, 5.74) is -3.55. The van der Waals surface area contributed by atoms with E-state index in [1.54, 1.807) is 24.8 Å². The maximum atomic E-state index is 13.6. The molecule has 2 fully saturated rings. The Balaban J connectivity index is 1.32. The zero-order chi connectivity index (χ0) is 29.4. The number of imide groups is 1. The van der Waals surface area contributed by atoms with Gasteiger partial charge in [0.1, 0.15) is 5.54 Å². The lowest BCUT2D eigenvalue weighted by Gasteiger charge is -2.36. The van der Waals surface area contributed by atoms with Gasteiger partial charge >= 0.3 is 11.5 Å². The first kappa shape index (κ1) is 28.5. The highest BCUT2D eigenvalue weighted by molar-refractivity contribution is 8.00. The van der Waals surface area contributed by atoms with Gasteiger partial charge in [-0.1, -0.05) is 18.2 Å². The van der Waals surface area contributed by atoms with Crippen molar-refractivity contribution in [3.05, 3.63) is 84.2 Å². The molecular weight excluding hydrogens is 555 g/mol. The van der Waals surface area contributed by atoms with E-state index >= 15 is 0 Å². The summed E-state index contributed by atoms with van der Waals surface area (Å²) in [6.45, 7) is 5.57. The average molecular weight is 584 g/mol. The first-order valence-corrected chi connectivity index (χ1v) is 13.8. The van der Waals surface area contributed by atoms with E-state index in [1.165, 1.54) is 41.6 Å². The summed E-state index contributed by atoms with van der Waals surface area (Å²) < 4.78 is 38.2. The van der Waals surface area contributed by atoms with Crippen LogP contribution in [0.15, 0.2) is 78.0 Å². The Morgan fingerprint density at radius 1 is 0.927 bits per heavy atom. The Hall–Kier alpha value is -4.06. The maximum Gasteiger partial charge on any atom is 0.446 e. The molecule has 1 aromatic heterocycles. The molecular formula is C29H28F3N5O3S. The molecule has 3 heterocycles. The predicted molar refractivity (Wildman–Crippen MR) is 150 cm³/mol. The molecule has 214 valence electrons. The number of amides is 4. The molecule has 5 rings (SSSR count). The summed E-state index contributed by atoms with van der Waals surface area (Å²) in [7, 11) is 0. The van der Waals surface area contributed by atoms with Gasteiger partial charge < -0.3 is 14.7 Å². The molecule has 0 saturated carbocycles. The molecule has 0 spiro atoms. The van der Waals surface area contributed by atoms with Crippen LogP contribution in [0, 0.1) is 0 Å². The Morgan fingerprint density at radius 2 is 1.59 bits per heavy atom. The number of benzene rings is 2. The molecule has 2 aromatic carbocycles. The van der Waals surface area contributed by atoms with Crippen LogP contribution in [0.5, 0.6) is 0 Å². The van der Waals surface area contributed by atoms with Gasteiger partial charge in [0.25, 0.3) is 11.8 Å². The van der Waals surface area contributed by atoms with Gasteiger partial charge in [0.2, 0.25) is 0 Å². The first-order chi connectivity index (χ1) is 19.5. The van der Waals surface area contributed by atoms with E-state index in [1.807, 2.05) is 30.3 Å². The summed E-state index contributed by atoms with van der Waals surface area (Å²) in [4.78, 5) is 50.8. The zero-order valence-corrected chi connectivity index (χ0v) is 23.3. The molecule has 8 nitrogen and oxygen atoms in total. The van der Waals surface area contributed by atoms with Gasteiger partial charge in [-0.25, -0.2) is 9.69 Å². The molecule has 2 aliphatic rings. The first-order valence-electron chi connectivity index (χ1n) is 13.0. The number of para-hydroxylation sites is 1. The number of nitrogens with zero attached hydrogens (tertiary/aromatic N) is 5. The standard InChI is InChI=1S/C29H28F3N5O3S/c1-28(2)26(39)37(22-8-10-23(11-9-22)41-29(30,31)32)27(40)36(28)19-20-12-13-33-18-24(20)25(38)35-16-14-34(15-17-35)21-6-4-3-5-7-21/h3-13,18H,14-17,19H2,1-2H3. The maximum absolute atomic E-state index is 13.6. The molecule has 2 saturated heterocycles. The quantitative estimate of drug-likeness (QED) is 0.286. The number of carbonyl (C=O) groups excluding carboxylic acids is 3. The lowest BCUT2D eigenvalue weighted by atomic mass is 10.0. The van der Waals surface area contributed by atoms with Gasteiger partial charge in [0, 0.05) is 55.7 Å². The molecule has 2 aliphatic heterocycles. The molecule has 0 N–H and O–H groups in total. The van der Waals surface area contributed by atoms with Crippen molar-refractivity contribution in [2.24, 2.45) is 0 Å². The fourth-order valence-corrected chi connectivity index (χ4v) is 5.57. The van der Waals surface area contributed by atoms with Gasteiger partial charge in [-0.15, -0.1) is 0 Å². The second kappa shape index (κ2) is 11.1. The zero-order valence-electron chi connectivity index (χ0n) is 22.5. The predicted octanol–water partition coefficient (Wildman–Crippen LogP) is 5.40. The van der Waals surface area contributed by atoms with Crippen molar-refractivity contribution in [1.29, 1.82) is 0 Å². The Bertz CT molecular complexity index is 1440. The number of pyridine rings is 1. The normalized spacial score (nSPS) is 17.4. The molecule has 3 aromatic rings. The van der Waals surface area contributed by atoms with Crippen LogP contribution >= 0.6 is 11.8 Å². The number of aromatic nitrogens is 1. The number of piperazine rings is 1. The highest BCUT2D eigenvalue weighted by atomic mass is 32.2. The largest absolute Gasteiger partial charge is 0.446 e. The summed E-state index contributed by atoms with van der Waals surface area (Å²) in [6.07, 6.45) is 3.01. The smallest absolute Gasteiger partial charge is 0.368 e. The molecule has 0 unspecified atom stereocenters. The second-order valence-corrected chi connectivity index (χ2v) is 11.4. The minimum absolute atomic E-state index is 0.0242. The molecule has 41 heavy (non-hydrogen) atoms. The van der Waals surface area contributed by atoms with E-state index < -0.39 is 23.0 Å². The molecule has 0 bridgehead atoms. The van der Waals surface area contributed by atoms with Crippen molar-refractivity contribution in [1.82, 2.24) is 14.8 Å². The molecule has 0 radical (unpaired) electrons. The van der Waals surface area contributed by atoms with Gasteiger partial charge in [-0.3, -0.25) is 14.6 Å². The highest BCUT2D eigenvalue weighted by Crippen LogP contribution is 2.39. The van der Waals surface area contributed by atoms with Crippen molar-refractivity contribution >= 4 is 41.0 Å². The topological polar surface area (TPSA) is 77.1 Å². The number of urea groups is 1. The number of anilines is 2. The van der Waals surface area contributed by atoms with E-state index in [9.17, 15) is 27.6 Å². The fraction of sp³-hybridized carbons (Fsp3) is 0.310. The SMILES string of the molecule is CC1(C)C(=O)N(c2ccc(SC(F)(F)F)cc2)C(=O)N1Cc1ccncc1C(=O)N1CCN(c2ccccc2)CC1. The van der Waals surface area contributed by atoms with Crippen molar-refractivity contribution in [2.75, 3.05) is 36.0 Å². The Kier molecular flexibility index (Phi) is 7.69. The van der Waals surface area contributed by atoms with Gasteiger partial charge in [0.15, 0.2) is 0 Å². The van der Waals surface area contributed by atoms with E-state index in [4.69, 9.17) is 0 Å². The van der Waals surface area contributed by atoms with E-state index in [0.717, 1.165) is 10.6 Å². The summed E-state index contributed by atoms with van der Waals surface area (Å²) >= 11 is -0.273. The average Bonchev–Trinajstić information content (AvgIpc) is 3.12. The van der Waals surface area contributed by atoms with Gasteiger partial charge in [0.05, 0.1) is 11.3 Å². The van der Waals surface area contributed by atoms with Crippen LogP contribution in [0.25, 0.3) is 0 Å². The lowest BCUT2D eigenvalue weighted by Crippen LogP contribution is -2.49. The number of rotatable bonds is 6. The molecule has 0 atom stereocenters. The van der Waals surface area contributed by atoms with Gasteiger partial charge in [-0.2, -0.15) is 13.2 Å². The van der Waals surface area contributed by atoms with Crippen LogP contribution in [-0.2, 0) is 11.3 Å². The summed E-state index contributed by atoms with van der Waals surface area (Å²) in [5, 5.41) is 0. The minimum atomic E-state index is -4.45. The van der Waals surface area contributed by atoms with Crippen LogP contribution in [0.2, 0.25) is 0 Å². The number of thioether (sulfide) groups is 1. The molecule has 4 amide bonds. The van der Waals surface area contributed by atoms with Crippen molar-refractivity contribution in [2.45, 2.75) is 36.3 Å². The number of alkyl halides is 3. The number of halogens is 3. The molecule has 0 aliphatic carbocycles. The second-order valence-electron chi connectivity index (χ2n) is 10.3. The minimum Gasteiger partial charge on any atom is -0.368 e. The van der Waals surface area contributed by atoms with Crippen LogP contribution < -0.4 is 9.80 Å². The Labute approximate surface area is 239 Å². The number of hydrogen-bond donors (Lipinski definition) is 0. The van der Waals surface area contributed by atoms with Crippen LogP contribution in [0.4, 0.5) is 29.3 Å². The third kappa shape index (κ3) is 5.88. The van der Waals surface area contributed by atoms with Crippen LogP contribution in [0.1, 0.15) is 29.8 Å². The van der Waals surface area contributed by atoms with E-state index in [0.29, 0.717) is 37.3 Å². The van der Waals surface area contributed by atoms with Crippen LogP contribution in [0.3, 0.4) is 0 Å². The third-order valence-electron chi connectivity index (χ3n) is 7.31. The highest BCUT2D eigenvalue weighted by Gasteiger charge is 2.52. The monoisotopic (exact) mass is 583 g/mol. The summed E-state index contributed by atoms with van der Waals surface area (Å²) in [6, 6.07) is 16.1.